The summed E-state index contributed by atoms with van der Waals surface area (Å²) in [6, 6.07) is 2.17. The first-order valence-corrected chi connectivity index (χ1v) is 5.86. The standard InChI is InChI=1S/C14H21NO/c1-5-7-14-11(3)9-13(12(4)15-14)10-16-8-6-2/h5,7,9H,6,8,10H2,1-4H3/b7-5-. The predicted octanol–water partition coefficient (Wildman–Crippen LogP) is 3.66. The van der Waals surface area contributed by atoms with Gasteiger partial charge < -0.3 is 4.74 Å². The predicted molar refractivity (Wildman–Crippen MR) is 68.4 cm³/mol. The Hall–Kier alpha value is -1.15. The number of aromatic nitrogens is 1. The van der Waals surface area contributed by atoms with E-state index in [4.69, 9.17) is 4.74 Å². The number of rotatable bonds is 5. The molecule has 1 aromatic heterocycles. The van der Waals surface area contributed by atoms with Crippen LogP contribution in [0, 0.1) is 13.8 Å². The quantitative estimate of drug-likeness (QED) is 0.705. The topological polar surface area (TPSA) is 22.1 Å². The van der Waals surface area contributed by atoms with Crippen molar-refractivity contribution in [3.8, 4) is 0 Å². The molecule has 0 amide bonds. The fourth-order valence-corrected chi connectivity index (χ4v) is 1.58. The van der Waals surface area contributed by atoms with Crippen molar-refractivity contribution >= 4 is 6.08 Å². The van der Waals surface area contributed by atoms with E-state index in [1.54, 1.807) is 0 Å². The van der Waals surface area contributed by atoms with Gasteiger partial charge in [-0.25, -0.2) is 0 Å². The van der Waals surface area contributed by atoms with Gasteiger partial charge in [0.25, 0.3) is 0 Å². The molecule has 16 heavy (non-hydrogen) atoms. The molecule has 2 heteroatoms. The molecule has 0 aliphatic heterocycles. The first-order valence-electron chi connectivity index (χ1n) is 5.86. The summed E-state index contributed by atoms with van der Waals surface area (Å²) in [5.41, 5.74) is 4.52. The molecule has 0 saturated carbocycles. The number of pyridine rings is 1. The van der Waals surface area contributed by atoms with E-state index in [2.05, 4.69) is 24.9 Å². The van der Waals surface area contributed by atoms with E-state index in [1.807, 2.05) is 26.0 Å². The van der Waals surface area contributed by atoms with Gasteiger partial charge in [0.1, 0.15) is 0 Å². The lowest BCUT2D eigenvalue weighted by Gasteiger charge is -2.09. The van der Waals surface area contributed by atoms with Crippen molar-refractivity contribution in [2.75, 3.05) is 6.61 Å². The van der Waals surface area contributed by atoms with E-state index in [9.17, 15) is 0 Å². The first-order chi connectivity index (χ1) is 7.69. The molecule has 1 heterocycles. The molecule has 0 aliphatic carbocycles. The summed E-state index contributed by atoms with van der Waals surface area (Å²) in [5.74, 6) is 0. The Morgan fingerprint density at radius 2 is 2.12 bits per heavy atom. The van der Waals surface area contributed by atoms with Crippen molar-refractivity contribution in [3.05, 3.63) is 34.7 Å². The highest BCUT2D eigenvalue weighted by Crippen LogP contribution is 2.14. The Morgan fingerprint density at radius 1 is 1.38 bits per heavy atom. The monoisotopic (exact) mass is 219 g/mol. The molecule has 0 spiro atoms. The van der Waals surface area contributed by atoms with Gasteiger partial charge in [0.2, 0.25) is 0 Å². The zero-order chi connectivity index (χ0) is 12.0. The molecule has 0 unspecified atom stereocenters. The van der Waals surface area contributed by atoms with Crippen molar-refractivity contribution in [2.24, 2.45) is 0 Å². The molecule has 1 rings (SSSR count). The number of nitrogens with zero attached hydrogens (tertiary/aromatic N) is 1. The highest BCUT2D eigenvalue weighted by molar-refractivity contribution is 5.50. The van der Waals surface area contributed by atoms with Crippen molar-refractivity contribution in [1.82, 2.24) is 4.98 Å². The Balaban J connectivity index is 2.83. The average molecular weight is 219 g/mol. The van der Waals surface area contributed by atoms with Gasteiger partial charge >= 0.3 is 0 Å². The summed E-state index contributed by atoms with van der Waals surface area (Å²) in [6.45, 7) is 9.74. The van der Waals surface area contributed by atoms with E-state index in [0.717, 1.165) is 24.4 Å². The molecule has 0 aliphatic rings. The highest BCUT2D eigenvalue weighted by Gasteiger charge is 2.04. The molecule has 0 saturated heterocycles. The summed E-state index contributed by atoms with van der Waals surface area (Å²) < 4.78 is 5.55. The molecule has 0 N–H and O–H groups in total. The van der Waals surface area contributed by atoms with Gasteiger partial charge in [-0.1, -0.05) is 13.0 Å². The number of hydrogen-bond acceptors (Lipinski definition) is 2. The van der Waals surface area contributed by atoms with Crippen LogP contribution in [0.2, 0.25) is 0 Å². The Labute approximate surface area is 98.4 Å². The molecular weight excluding hydrogens is 198 g/mol. The lowest BCUT2D eigenvalue weighted by molar-refractivity contribution is 0.121. The summed E-state index contributed by atoms with van der Waals surface area (Å²) in [4.78, 5) is 4.57. The van der Waals surface area contributed by atoms with E-state index >= 15 is 0 Å². The third kappa shape index (κ3) is 3.46. The van der Waals surface area contributed by atoms with Crippen LogP contribution >= 0.6 is 0 Å². The van der Waals surface area contributed by atoms with Crippen LogP contribution in [-0.4, -0.2) is 11.6 Å². The minimum Gasteiger partial charge on any atom is -0.377 e. The third-order valence-electron chi connectivity index (χ3n) is 2.48. The zero-order valence-electron chi connectivity index (χ0n) is 10.7. The molecule has 1 aromatic rings. The SMILES string of the molecule is C/C=C\c1nc(C)c(COCCC)cc1C. The maximum absolute atomic E-state index is 5.55. The van der Waals surface area contributed by atoms with E-state index in [-0.39, 0.29) is 0 Å². The van der Waals surface area contributed by atoms with Crippen molar-refractivity contribution in [2.45, 2.75) is 40.7 Å². The maximum atomic E-state index is 5.55. The van der Waals surface area contributed by atoms with Gasteiger partial charge in [0.15, 0.2) is 0 Å². The summed E-state index contributed by atoms with van der Waals surface area (Å²) >= 11 is 0. The molecular formula is C14H21NO. The normalized spacial score (nSPS) is 11.2. The minimum atomic E-state index is 0.670. The smallest absolute Gasteiger partial charge is 0.0734 e. The average Bonchev–Trinajstić information content (AvgIpc) is 2.25. The van der Waals surface area contributed by atoms with Crippen LogP contribution in [0.5, 0.6) is 0 Å². The molecule has 0 fully saturated rings. The first kappa shape index (κ1) is 12.9. The van der Waals surface area contributed by atoms with E-state index < -0.39 is 0 Å². The number of hydrogen-bond donors (Lipinski definition) is 0. The second-order valence-electron chi connectivity index (χ2n) is 3.99. The molecule has 0 bridgehead atoms. The number of ether oxygens (including phenoxy) is 1. The fourth-order valence-electron chi connectivity index (χ4n) is 1.58. The summed E-state index contributed by atoms with van der Waals surface area (Å²) in [6.07, 6.45) is 5.11. The fraction of sp³-hybridized carbons (Fsp3) is 0.500. The van der Waals surface area contributed by atoms with E-state index in [0.29, 0.717) is 6.61 Å². The van der Waals surface area contributed by atoms with Crippen LogP contribution in [0.25, 0.3) is 6.08 Å². The van der Waals surface area contributed by atoms with Crippen molar-refractivity contribution in [1.29, 1.82) is 0 Å². The third-order valence-corrected chi connectivity index (χ3v) is 2.48. The Kier molecular flexibility index (Phi) is 5.20. The minimum absolute atomic E-state index is 0.670. The van der Waals surface area contributed by atoms with Gasteiger partial charge in [0, 0.05) is 12.3 Å². The van der Waals surface area contributed by atoms with Crippen LogP contribution < -0.4 is 0 Å². The lowest BCUT2D eigenvalue weighted by Crippen LogP contribution is -2.01. The second-order valence-corrected chi connectivity index (χ2v) is 3.99. The van der Waals surface area contributed by atoms with Gasteiger partial charge in [-0.15, -0.1) is 0 Å². The summed E-state index contributed by atoms with van der Waals surface area (Å²) in [5, 5.41) is 0. The van der Waals surface area contributed by atoms with Crippen LogP contribution in [-0.2, 0) is 11.3 Å². The van der Waals surface area contributed by atoms with Gasteiger partial charge in [-0.3, -0.25) is 4.98 Å². The molecule has 0 aromatic carbocycles. The summed E-state index contributed by atoms with van der Waals surface area (Å²) in [7, 11) is 0. The number of aryl methyl sites for hydroxylation is 2. The van der Waals surface area contributed by atoms with Gasteiger partial charge in [0.05, 0.1) is 12.3 Å². The number of allylic oxidation sites excluding steroid dienone is 1. The van der Waals surface area contributed by atoms with Gasteiger partial charge in [-0.2, -0.15) is 0 Å². The molecule has 2 nitrogen and oxygen atoms in total. The Morgan fingerprint density at radius 3 is 2.75 bits per heavy atom. The van der Waals surface area contributed by atoms with Crippen LogP contribution in [0.4, 0.5) is 0 Å². The zero-order valence-corrected chi connectivity index (χ0v) is 10.7. The van der Waals surface area contributed by atoms with Gasteiger partial charge in [-0.05, 0) is 50.5 Å². The molecule has 0 radical (unpaired) electrons. The van der Waals surface area contributed by atoms with Crippen molar-refractivity contribution < 1.29 is 4.74 Å². The molecule has 0 atom stereocenters. The highest BCUT2D eigenvalue weighted by atomic mass is 16.5. The maximum Gasteiger partial charge on any atom is 0.0734 e. The van der Waals surface area contributed by atoms with Crippen LogP contribution in [0.3, 0.4) is 0 Å². The molecule has 88 valence electrons. The van der Waals surface area contributed by atoms with Crippen molar-refractivity contribution in [3.63, 3.8) is 0 Å². The van der Waals surface area contributed by atoms with E-state index in [1.165, 1.54) is 11.1 Å². The van der Waals surface area contributed by atoms with Crippen LogP contribution in [0.1, 0.15) is 42.8 Å². The largest absolute Gasteiger partial charge is 0.377 e. The Bertz CT molecular complexity index is 369. The second kappa shape index (κ2) is 6.44. The van der Waals surface area contributed by atoms with Crippen LogP contribution in [0.15, 0.2) is 12.1 Å². The lowest BCUT2D eigenvalue weighted by atomic mass is 10.1.